The van der Waals surface area contributed by atoms with E-state index in [0.717, 1.165) is 22.7 Å². The highest BCUT2D eigenvalue weighted by Gasteiger charge is 2.13. The first kappa shape index (κ1) is 17.0. The van der Waals surface area contributed by atoms with Gasteiger partial charge in [0.05, 0.1) is 18.5 Å². The number of ether oxygens (including phenoxy) is 1. The highest BCUT2D eigenvalue weighted by molar-refractivity contribution is 6.30. The van der Waals surface area contributed by atoms with E-state index in [9.17, 15) is 4.79 Å². The van der Waals surface area contributed by atoms with Crippen LogP contribution in [-0.4, -0.2) is 22.8 Å². The van der Waals surface area contributed by atoms with Crippen molar-refractivity contribution < 1.29 is 9.53 Å². The van der Waals surface area contributed by atoms with Crippen molar-refractivity contribution in [3.8, 4) is 22.7 Å². The van der Waals surface area contributed by atoms with Crippen molar-refractivity contribution in [2.45, 2.75) is 13.3 Å². The van der Waals surface area contributed by atoms with E-state index in [-0.39, 0.29) is 5.91 Å². The Kier molecular flexibility index (Phi) is 5.05. The molecule has 3 rings (SSSR count). The number of aromatic nitrogens is 2. The van der Waals surface area contributed by atoms with Crippen LogP contribution in [0.1, 0.15) is 13.3 Å². The number of hydrogen-bond donors (Lipinski definition) is 1. The van der Waals surface area contributed by atoms with E-state index in [0.29, 0.717) is 17.3 Å². The van der Waals surface area contributed by atoms with Crippen molar-refractivity contribution >= 4 is 23.3 Å². The number of rotatable bonds is 5. The molecule has 0 radical (unpaired) electrons. The van der Waals surface area contributed by atoms with Gasteiger partial charge in [-0.25, -0.2) is 4.68 Å². The van der Waals surface area contributed by atoms with E-state index >= 15 is 0 Å². The van der Waals surface area contributed by atoms with Gasteiger partial charge in [-0.3, -0.25) is 4.79 Å². The third-order valence-corrected chi connectivity index (χ3v) is 4.01. The minimum absolute atomic E-state index is 0.0814. The number of anilines is 1. The van der Waals surface area contributed by atoms with Crippen molar-refractivity contribution in [2.75, 3.05) is 12.4 Å². The lowest BCUT2D eigenvalue weighted by Crippen LogP contribution is -2.10. The van der Waals surface area contributed by atoms with Gasteiger partial charge in [0.15, 0.2) is 5.82 Å². The highest BCUT2D eigenvalue weighted by Crippen LogP contribution is 2.28. The van der Waals surface area contributed by atoms with Crippen molar-refractivity contribution in [3.63, 3.8) is 0 Å². The van der Waals surface area contributed by atoms with Gasteiger partial charge in [-0.2, -0.15) is 0 Å². The molecule has 25 heavy (non-hydrogen) atoms. The van der Waals surface area contributed by atoms with Crippen molar-refractivity contribution in [2.24, 2.45) is 0 Å². The summed E-state index contributed by atoms with van der Waals surface area (Å²) in [6.45, 7) is 1.80. The molecule has 0 fully saturated rings. The number of nitrogens with one attached hydrogen (secondary N) is 1. The molecule has 0 aliphatic heterocycles. The molecule has 2 aromatic carbocycles. The summed E-state index contributed by atoms with van der Waals surface area (Å²) < 4.78 is 6.99. The Labute approximate surface area is 151 Å². The van der Waals surface area contributed by atoms with Crippen LogP contribution in [0.15, 0.2) is 54.6 Å². The summed E-state index contributed by atoms with van der Waals surface area (Å²) in [6.07, 6.45) is 0.395. The number of benzene rings is 2. The molecule has 0 saturated heterocycles. The largest absolute Gasteiger partial charge is 0.497 e. The fourth-order valence-electron chi connectivity index (χ4n) is 2.42. The maximum absolute atomic E-state index is 11.7. The minimum Gasteiger partial charge on any atom is -0.497 e. The molecule has 0 bridgehead atoms. The third kappa shape index (κ3) is 3.83. The molecule has 0 aliphatic carbocycles. The van der Waals surface area contributed by atoms with Gasteiger partial charge in [0.1, 0.15) is 5.75 Å². The molecule has 0 saturated carbocycles. The van der Waals surface area contributed by atoms with Crippen LogP contribution in [-0.2, 0) is 4.79 Å². The minimum atomic E-state index is -0.0814. The monoisotopic (exact) mass is 355 g/mol. The van der Waals surface area contributed by atoms with Crippen LogP contribution in [0.3, 0.4) is 0 Å². The fourth-order valence-corrected chi connectivity index (χ4v) is 2.55. The average molecular weight is 356 g/mol. The molecule has 1 aromatic heterocycles. The van der Waals surface area contributed by atoms with Gasteiger partial charge < -0.3 is 10.1 Å². The Morgan fingerprint density at radius 2 is 1.84 bits per heavy atom. The van der Waals surface area contributed by atoms with E-state index in [2.05, 4.69) is 10.4 Å². The quantitative estimate of drug-likeness (QED) is 0.730. The number of carbonyl (C=O) groups excluding carboxylic acids is 1. The SMILES string of the molecule is CCC(=O)Nc1cc(-c2ccc(Cl)cc2)n(-c2ccc(OC)cc2)n1. The molecular weight excluding hydrogens is 338 g/mol. The fraction of sp³-hybridized carbons (Fsp3) is 0.158. The highest BCUT2D eigenvalue weighted by atomic mass is 35.5. The summed E-state index contributed by atoms with van der Waals surface area (Å²) in [5, 5.41) is 8.00. The first-order chi connectivity index (χ1) is 12.1. The summed E-state index contributed by atoms with van der Waals surface area (Å²) in [7, 11) is 1.63. The van der Waals surface area contributed by atoms with Crippen LogP contribution < -0.4 is 10.1 Å². The summed E-state index contributed by atoms with van der Waals surface area (Å²) in [5.41, 5.74) is 2.67. The summed E-state index contributed by atoms with van der Waals surface area (Å²) >= 11 is 5.99. The van der Waals surface area contributed by atoms with Gasteiger partial charge in [-0.1, -0.05) is 30.7 Å². The van der Waals surface area contributed by atoms with Crippen molar-refractivity contribution in [1.29, 1.82) is 0 Å². The Morgan fingerprint density at radius 1 is 1.16 bits per heavy atom. The Hall–Kier alpha value is -2.79. The lowest BCUT2D eigenvalue weighted by atomic mass is 10.1. The molecule has 3 aromatic rings. The predicted octanol–water partition coefficient (Wildman–Crippen LogP) is 4.55. The van der Waals surface area contributed by atoms with E-state index < -0.39 is 0 Å². The van der Waals surface area contributed by atoms with Crippen LogP contribution in [0.2, 0.25) is 5.02 Å². The number of carbonyl (C=O) groups is 1. The smallest absolute Gasteiger partial charge is 0.225 e. The van der Waals surface area contributed by atoms with E-state index in [1.54, 1.807) is 18.7 Å². The Bertz CT molecular complexity index is 871. The molecule has 128 valence electrons. The van der Waals surface area contributed by atoms with Crippen LogP contribution in [0, 0.1) is 0 Å². The molecule has 0 atom stereocenters. The Balaban J connectivity index is 2.06. The topological polar surface area (TPSA) is 56.2 Å². The summed E-state index contributed by atoms with van der Waals surface area (Å²) in [4.78, 5) is 11.7. The Morgan fingerprint density at radius 3 is 2.44 bits per heavy atom. The van der Waals surface area contributed by atoms with Gasteiger partial charge in [-0.05, 0) is 36.4 Å². The molecule has 1 amide bonds. The third-order valence-electron chi connectivity index (χ3n) is 3.75. The number of halogens is 1. The molecule has 6 heteroatoms. The van der Waals surface area contributed by atoms with Gasteiger partial charge in [0, 0.05) is 23.1 Å². The van der Waals surface area contributed by atoms with Crippen molar-refractivity contribution in [1.82, 2.24) is 9.78 Å². The standard InChI is InChI=1S/C19H18ClN3O2/c1-3-19(24)21-18-12-17(13-4-6-14(20)7-5-13)23(22-18)15-8-10-16(25-2)11-9-15/h4-12H,3H2,1-2H3,(H,21,22,24). The lowest BCUT2D eigenvalue weighted by molar-refractivity contribution is -0.115. The van der Waals surface area contributed by atoms with Crippen LogP contribution >= 0.6 is 11.6 Å². The van der Waals surface area contributed by atoms with Gasteiger partial charge in [0.25, 0.3) is 0 Å². The second-order valence-electron chi connectivity index (χ2n) is 5.43. The predicted molar refractivity (Wildman–Crippen MR) is 99.5 cm³/mol. The first-order valence-electron chi connectivity index (χ1n) is 7.91. The maximum Gasteiger partial charge on any atom is 0.225 e. The zero-order valence-corrected chi connectivity index (χ0v) is 14.7. The number of nitrogens with zero attached hydrogens (tertiary/aromatic N) is 2. The second kappa shape index (κ2) is 7.40. The van der Waals surface area contributed by atoms with Crippen LogP contribution in [0.4, 0.5) is 5.82 Å². The normalized spacial score (nSPS) is 10.5. The van der Waals surface area contributed by atoms with Gasteiger partial charge in [-0.15, -0.1) is 5.10 Å². The summed E-state index contributed by atoms with van der Waals surface area (Å²) in [5.74, 6) is 1.19. The van der Waals surface area contributed by atoms with E-state index in [1.807, 2.05) is 54.6 Å². The van der Waals surface area contributed by atoms with Crippen LogP contribution in [0.5, 0.6) is 5.75 Å². The number of methoxy groups -OCH3 is 1. The molecule has 0 spiro atoms. The van der Waals surface area contributed by atoms with Gasteiger partial charge in [0.2, 0.25) is 5.91 Å². The maximum atomic E-state index is 11.7. The first-order valence-corrected chi connectivity index (χ1v) is 8.29. The average Bonchev–Trinajstić information content (AvgIpc) is 3.06. The van der Waals surface area contributed by atoms with Gasteiger partial charge >= 0.3 is 0 Å². The van der Waals surface area contributed by atoms with E-state index in [4.69, 9.17) is 16.3 Å². The molecule has 1 heterocycles. The second-order valence-corrected chi connectivity index (χ2v) is 5.87. The molecule has 0 aliphatic rings. The van der Waals surface area contributed by atoms with Crippen molar-refractivity contribution in [3.05, 3.63) is 59.6 Å². The zero-order chi connectivity index (χ0) is 17.8. The molecule has 0 unspecified atom stereocenters. The molecule has 1 N–H and O–H groups in total. The lowest BCUT2D eigenvalue weighted by Gasteiger charge is -2.08. The molecule has 5 nitrogen and oxygen atoms in total. The number of amides is 1. The van der Waals surface area contributed by atoms with Crippen LogP contribution in [0.25, 0.3) is 16.9 Å². The number of hydrogen-bond acceptors (Lipinski definition) is 3. The zero-order valence-electron chi connectivity index (χ0n) is 14.0. The summed E-state index contributed by atoms with van der Waals surface area (Å²) in [6, 6.07) is 16.9. The molecular formula is C19H18ClN3O2. The van der Waals surface area contributed by atoms with E-state index in [1.165, 1.54) is 0 Å².